The molecule has 1 saturated carbocycles. The molecule has 0 atom stereocenters. The third kappa shape index (κ3) is 4.73. The number of para-hydroxylation sites is 1. The average Bonchev–Trinajstić information content (AvgIpc) is 3.43. The summed E-state index contributed by atoms with van der Waals surface area (Å²) in [4.78, 5) is 25.5. The number of sulfonamides is 1. The molecule has 0 amide bonds. The minimum absolute atomic E-state index is 0.146. The molecule has 6 nitrogen and oxygen atoms in total. The monoisotopic (exact) mass is 419 g/mol. The predicted octanol–water partition coefficient (Wildman–Crippen LogP) is 3.18. The van der Waals surface area contributed by atoms with Gasteiger partial charge in [-0.1, -0.05) is 6.07 Å². The number of ketones is 2. The first-order chi connectivity index (χ1) is 12.9. The van der Waals surface area contributed by atoms with E-state index in [1.54, 1.807) is 6.92 Å². The summed E-state index contributed by atoms with van der Waals surface area (Å²) in [6, 6.07) is 2.74. The summed E-state index contributed by atoms with van der Waals surface area (Å²) in [6.45, 7) is 1.76. The van der Waals surface area contributed by atoms with Crippen LogP contribution >= 0.6 is 0 Å². The molecule has 0 aliphatic heterocycles. The number of carbonyl (C=O) groups is 2. The lowest BCUT2D eigenvalue weighted by molar-refractivity contribution is -0.137. The number of hydrogen-bond donors (Lipinski definition) is 0. The maximum absolute atomic E-state index is 13.5. The van der Waals surface area contributed by atoms with Gasteiger partial charge < -0.3 is 4.74 Å². The van der Waals surface area contributed by atoms with E-state index in [2.05, 4.69) is 0 Å². The molecule has 2 rings (SSSR count). The van der Waals surface area contributed by atoms with Crippen LogP contribution in [0.15, 0.2) is 30.0 Å². The molecule has 0 N–H and O–H groups in total. The van der Waals surface area contributed by atoms with Crippen LogP contribution in [-0.2, 0) is 25.7 Å². The maximum Gasteiger partial charge on any atom is 0.418 e. The Bertz CT molecular complexity index is 918. The zero-order valence-electron chi connectivity index (χ0n) is 15.5. The molecule has 10 heteroatoms. The summed E-state index contributed by atoms with van der Waals surface area (Å²) in [7, 11) is -3.19. The second-order valence-corrected chi connectivity index (χ2v) is 8.40. The van der Waals surface area contributed by atoms with E-state index in [4.69, 9.17) is 4.74 Å². The van der Waals surface area contributed by atoms with Crippen LogP contribution in [0.5, 0.6) is 0 Å². The Morgan fingerprint density at radius 2 is 1.89 bits per heavy atom. The van der Waals surface area contributed by atoms with Crippen LogP contribution in [0.25, 0.3) is 0 Å². The predicted molar refractivity (Wildman–Crippen MR) is 96.5 cm³/mol. The summed E-state index contributed by atoms with van der Waals surface area (Å²) in [5.41, 5.74) is -3.05. The number of nitrogens with zero attached hydrogens (tertiary/aromatic N) is 1. The van der Waals surface area contributed by atoms with Crippen molar-refractivity contribution in [3.8, 4) is 0 Å². The summed E-state index contributed by atoms with van der Waals surface area (Å²) in [5, 5.41) is 0. The average molecular weight is 419 g/mol. The van der Waals surface area contributed by atoms with Crippen LogP contribution in [0, 0.1) is 5.92 Å². The van der Waals surface area contributed by atoms with Gasteiger partial charge >= 0.3 is 6.18 Å². The highest BCUT2D eigenvalue weighted by atomic mass is 32.2. The molecule has 0 bridgehead atoms. The van der Waals surface area contributed by atoms with Gasteiger partial charge in [0.25, 0.3) is 0 Å². The number of halogens is 3. The van der Waals surface area contributed by atoms with Crippen LogP contribution in [-0.4, -0.2) is 39.9 Å². The number of Topliss-reactive ketones (excluding diaryl/α,β-unsaturated/α-hetero) is 2. The molecule has 1 aliphatic carbocycles. The van der Waals surface area contributed by atoms with Crippen molar-refractivity contribution in [2.24, 2.45) is 5.92 Å². The number of hydrogen-bond acceptors (Lipinski definition) is 5. The molecular weight excluding hydrogens is 399 g/mol. The van der Waals surface area contributed by atoms with Gasteiger partial charge in [0.2, 0.25) is 15.8 Å². The first kappa shape index (κ1) is 21.9. The summed E-state index contributed by atoms with van der Waals surface area (Å²) < 4.78 is 69.8. The molecule has 0 radical (unpaired) electrons. The van der Waals surface area contributed by atoms with E-state index in [0.717, 1.165) is 31.7 Å². The molecule has 1 aliphatic rings. The first-order valence-corrected chi connectivity index (χ1v) is 10.3. The molecule has 1 aromatic rings. The van der Waals surface area contributed by atoms with Crippen molar-refractivity contribution in [3.05, 3.63) is 41.2 Å². The Balaban J connectivity index is 2.68. The topological polar surface area (TPSA) is 80.8 Å². The van der Waals surface area contributed by atoms with Gasteiger partial charge in [-0.25, -0.2) is 8.42 Å². The zero-order valence-corrected chi connectivity index (χ0v) is 16.4. The SMILES string of the molecule is CCOC=C(C(=O)c1cccc(C(F)(F)F)c1N(C)S(C)(=O)=O)C(=O)C1CC1. The molecule has 28 heavy (non-hydrogen) atoms. The third-order valence-electron chi connectivity index (χ3n) is 4.22. The fourth-order valence-corrected chi connectivity index (χ4v) is 3.09. The van der Waals surface area contributed by atoms with E-state index in [9.17, 15) is 31.2 Å². The highest BCUT2D eigenvalue weighted by Gasteiger charge is 2.40. The highest BCUT2D eigenvalue weighted by molar-refractivity contribution is 7.92. The first-order valence-electron chi connectivity index (χ1n) is 8.44. The summed E-state index contributed by atoms with van der Waals surface area (Å²) >= 11 is 0. The van der Waals surface area contributed by atoms with E-state index in [1.807, 2.05) is 0 Å². The number of benzene rings is 1. The second-order valence-electron chi connectivity index (χ2n) is 6.38. The largest absolute Gasteiger partial charge is 0.501 e. The van der Waals surface area contributed by atoms with Crippen LogP contribution in [0.1, 0.15) is 35.7 Å². The van der Waals surface area contributed by atoms with Crippen molar-refractivity contribution >= 4 is 27.3 Å². The fourth-order valence-electron chi connectivity index (χ4n) is 2.56. The Labute approximate surface area is 161 Å². The van der Waals surface area contributed by atoms with Crippen molar-refractivity contribution < 1.29 is 35.9 Å². The highest BCUT2D eigenvalue weighted by Crippen LogP contribution is 2.40. The molecule has 0 spiro atoms. The van der Waals surface area contributed by atoms with Gasteiger partial charge in [-0.2, -0.15) is 13.2 Å². The zero-order chi connectivity index (χ0) is 21.3. The van der Waals surface area contributed by atoms with Gasteiger partial charge in [-0.05, 0) is 31.9 Å². The maximum atomic E-state index is 13.5. The third-order valence-corrected chi connectivity index (χ3v) is 5.40. The van der Waals surface area contributed by atoms with Crippen molar-refractivity contribution in [2.45, 2.75) is 25.9 Å². The normalized spacial score (nSPS) is 15.3. The van der Waals surface area contributed by atoms with E-state index in [1.165, 1.54) is 0 Å². The van der Waals surface area contributed by atoms with E-state index < -0.39 is 50.2 Å². The van der Waals surface area contributed by atoms with Crippen LogP contribution in [0.3, 0.4) is 0 Å². The molecule has 0 heterocycles. The number of alkyl halides is 3. The molecule has 1 fully saturated rings. The van der Waals surface area contributed by atoms with E-state index >= 15 is 0 Å². The minimum atomic E-state index is -4.91. The lowest BCUT2D eigenvalue weighted by Crippen LogP contribution is -2.30. The quantitative estimate of drug-likeness (QED) is 0.213. The number of ether oxygens (including phenoxy) is 1. The number of anilines is 1. The Hall–Kier alpha value is -2.36. The Morgan fingerprint density at radius 1 is 1.29 bits per heavy atom. The van der Waals surface area contributed by atoms with Crippen LogP contribution in [0.2, 0.25) is 0 Å². The minimum Gasteiger partial charge on any atom is -0.501 e. The lowest BCUT2D eigenvalue weighted by atomic mass is 9.95. The molecule has 0 unspecified atom stereocenters. The molecule has 154 valence electrons. The van der Waals surface area contributed by atoms with Gasteiger partial charge in [0, 0.05) is 18.5 Å². The molecule has 1 aromatic carbocycles. The molecule has 0 aromatic heterocycles. The lowest BCUT2D eigenvalue weighted by Gasteiger charge is -2.24. The molecule has 0 saturated heterocycles. The number of rotatable bonds is 8. The van der Waals surface area contributed by atoms with Crippen molar-refractivity contribution in [2.75, 3.05) is 24.2 Å². The summed E-state index contributed by atoms with van der Waals surface area (Å²) in [6.07, 6.45) is -2.09. The van der Waals surface area contributed by atoms with Gasteiger partial charge in [0.05, 0.1) is 30.4 Å². The van der Waals surface area contributed by atoms with E-state index in [-0.39, 0.29) is 12.5 Å². The van der Waals surface area contributed by atoms with Gasteiger partial charge in [0.1, 0.15) is 5.57 Å². The smallest absolute Gasteiger partial charge is 0.418 e. The van der Waals surface area contributed by atoms with Crippen LogP contribution in [0.4, 0.5) is 18.9 Å². The number of carbonyl (C=O) groups excluding carboxylic acids is 2. The van der Waals surface area contributed by atoms with Crippen molar-refractivity contribution in [1.82, 2.24) is 0 Å². The van der Waals surface area contributed by atoms with Crippen molar-refractivity contribution in [3.63, 3.8) is 0 Å². The van der Waals surface area contributed by atoms with Crippen molar-refractivity contribution in [1.29, 1.82) is 0 Å². The van der Waals surface area contributed by atoms with Gasteiger partial charge in [0.15, 0.2) is 5.78 Å². The Kier molecular flexibility index (Phi) is 6.22. The fraction of sp³-hybridized carbons (Fsp3) is 0.444. The standard InChI is InChI=1S/C18H20F3NO5S/c1-4-27-10-13(16(23)11-8-9-11)17(24)12-6-5-7-14(18(19,20)21)15(12)22(2)28(3,25)26/h5-7,10-11H,4,8-9H2,1-3H3. The number of allylic oxidation sites excluding steroid dienone is 1. The Morgan fingerprint density at radius 3 is 2.36 bits per heavy atom. The van der Waals surface area contributed by atoms with Gasteiger partial charge in [-0.3, -0.25) is 13.9 Å². The van der Waals surface area contributed by atoms with Crippen LogP contribution < -0.4 is 4.31 Å². The second kappa shape index (κ2) is 7.94. The summed E-state index contributed by atoms with van der Waals surface area (Å²) in [5.74, 6) is -1.91. The molecular formula is C18H20F3NO5S. The van der Waals surface area contributed by atoms with Gasteiger partial charge in [-0.15, -0.1) is 0 Å². The van der Waals surface area contributed by atoms with E-state index in [0.29, 0.717) is 23.2 Å².